The lowest BCUT2D eigenvalue weighted by Crippen LogP contribution is -2.22. The topological polar surface area (TPSA) is 59.8 Å². The number of aromatic nitrogens is 3. The number of carbonyl (C=O) groups is 1. The monoisotopic (exact) mass is 578 g/mol. The Morgan fingerprint density at radius 2 is 1.68 bits per heavy atom. The summed E-state index contributed by atoms with van der Waals surface area (Å²) in [6, 6.07) is 20.1. The summed E-state index contributed by atoms with van der Waals surface area (Å²) >= 11 is 13.8. The van der Waals surface area contributed by atoms with E-state index in [0.717, 1.165) is 29.2 Å². The molecule has 3 aromatic carbocycles. The van der Waals surface area contributed by atoms with E-state index in [-0.39, 0.29) is 18.9 Å². The summed E-state index contributed by atoms with van der Waals surface area (Å²) in [6.45, 7) is 0.0321. The number of hydrogen-bond donors (Lipinski definition) is 1. The average Bonchev–Trinajstić information content (AvgIpc) is 3.29. The molecular formula is C27H23Cl2F3N4OS. The highest BCUT2D eigenvalue weighted by atomic mass is 35.5. The van der Waals surface area contributed by atoms with E-state index < -0.39 is 11.7 Å². The van der Waals surface area contributed by atoms with Crippen LogP contribution in [0.15, 0.2) is 78.0 Å². The van der Waals surface area contributed by atoms with Gasteiger partial charge in [-0.15, -0.1) is 10.2 Å². The number of rotatable bonds is 10. The molecule has 0 fully saturated rings. The van der Waals surface area contributed by atoms with Crippen molar-refractivity contribution < 1.29 is 18.0 Å². The van der Waals surface area contributed by atoms with Crippen LogP contribution in [0.3, 0.4) is 0 Å². The molecule has 5 nitrogen and oxygen atoms in total. The lowest BCUT2D eigenvalue weighted by Gasteiger charge is -2.12. The highest BCUT2D eigenvalue weighted by Crippen LogP contribution is 2.30. The molecule has 4 aromatic rings. The van der Waals surface area contributed by atoms with Crippen LogP contribution in [-0.2, 0) is 23.9 Å². The van der Waals surface area contributed by atoms with Gasteiger partial charge in [0.1, 0.15) is 5.82 Å². The summed E-state index contributed by atoms with van der Waals surface area (Å²) in [6.07, 6.45) is -3.09. The van der Waals surface area contributed by atoms with Crippen LogP contribution >= 0.6 is 35.0 Å². The van der Waals surface area contributed by atoms with Gasteiger partial charge in [-0.05, 0) is 47.9 Å². The third-order valence-electron chi connectivity index (χ3n) is 5.59. The first-order valence-electron chi connectivity index (χ1n) is 11.7. The number of benzene rings is 3. The van der Waals surface area contributed by atoms with Gasteiger partial charge in [0.25, 0.3) is 0 Å². The Labute approximate surface area is 232 Å². The average molecular weight is 579 g/mol. The molecule has 198 valence electrons. The van der Waals surface area contributed by atoms with E-state index >= 15 is 0 Å². The highest BCUT2D eigenvalue weighted by molar-refractivity contribution is 7.99. The Kier molecular flexibility index (Phi) is 9.35. The Balaban J connectivity index is 1.36. The zero-order valence-corrected chi connectivity index (χ0v) is 22.3. The fourth-order valence-corrected chi connectivity index (χ4v) is 4.92. The number of nitrogens with zero attached hydrogens (tertiary/aromatic N) is 3. The number of alkyl halides is 3. The molecule has 1 aromatic heterocycles. The number of carbonyl (C=O) groups excluding carboxylic acids is 1. The zero-order chi connectivity index (χ0) is 27.1. The molecule has 0 saturated heterocycles. The van der Waals surface area contributed by atoms with Crippen molar-refractivity contribution in [1.82, 2.24) is 20.1 Å². The minimum absolute atomic E-state index is 0.0321. The van der Waals surface area contributed by atoms with Gasteiger partial charge >= 0.3 is 6.18 Å². The number of amides is 1. The van der Waals surface area contributed by atoms with Crippen LogP contribution in [0.1, 0.15) is 35.4 Å². The van der Waals surface area contributed by atoms with E-state index in [2.05, 4.69) is 15.5 Å². The zero-order valence-electron chi connectivity index (χ0n) is 20.0. The Hall–Kier alpha value is -3.01. The Morgan fingerprint density at radius 3 is 2.42 bits per heavy atom. The molecule has 38 heavy (non-hydrogen) atoms. The quantitative estimate of drug-likeness (QED) is 0.157. The van der Waals surface area contributed by atoms with E-state index in [1.165, 1.54) is 17.8 Å². The van der Waals surface area contributed by atoms with Gasteiger partial charge in [0.05, 0.1) is 21.3 Å². The second-order valence-electron chi connectivity index (χ2n) is 8.42. The first-order valence-corrected chi connectivity index (χ1v) is 13.4. The molecule has 0 bridgehead atoms. The van der Waals surface area contributed by atoms with Crippen LogP contribution in [-0.4, -0.2) is 26.4 Å². The predicted molar refractivity (Wildman–Crippen MR) is 144 cm³/mol. The van der Waals surface area contributed by atoms with Gasteiger partial charge in [0.2, 0.25) is 5.91 Å². The molecule has 0 unspecified atom stereocenters. The van der Waals surface area contributed by atoms with Crippen molar-refractivity contribution in [3.05, 3.63) is 105 Å². The van der Waals surface area contributed by atoms with Gasteiger partial charge in [-0.25, -0.2) is 0 Å². The smallest absolute Gasteiger partial charge is 0.352 e. The normalized spacial score (nSPS) is 11.5. The second-order valence-corrected chi connectivity index (χ2v) is 10.3. The first kappa shape index (κ1) is 28.0. The Morgan fingerprint density at radius 1 is 0.921 bits per heavy atom. The minimum atomic E-state index is -4.42. The Bertz CT molecular complexity index is 1400. The summed E-state index contributed by atoms with van der Waals surface area (Å²) in [7, 11) is 0. The maximum atomic E-state index is 12.9. The van der Waals surface area contributed by atoms with Crippen LogP contribution < -0.4 is 5.32 Å². The van der Waals surface area contributed by atoms with Crippen LogP contribution in [0.2, 0.25) is 10.0 Å². The minimum Gasteiger partial charge on any atom is -0.352 e. The van der Waals surface area contributed by atoms with Gasteiger partial charge in [0, 0.05) is 25.1 Å². The summed E-state index contributed by atoms with van der Waals surface area (Å²) in [5, 5.41) is 13.0. The standard InChI is InChI=1S/C27H23Cl2F3N4OS/c28-22-12-11-21(16-23(22)29)36-24(15-18-6-2-1-3-7-18)34-35-26(36)38-13-5-10-25(37)33-17-19-8-4-9-20(14-19)27(30,31)32/h1-4,6-9,11-12,14,16H,5,10,13,15,17H2,(H,33,37). The number of halogens is 5. The lowest BCUT2D eigenvalue weighted by molar-refractivity contribution is -0.137. The molecule has 11 heteroatoms. The molecule has 0 radical (unpaired) electrons. The van der Waals surface area contributed by atoms with E-state index in [1.54, 1.807) is 18.2 Å². The molecule has 0 spiro atoms. The van der Waals surface area contributed by atoms with Crippen molar-refractivity contribution in [3.63, 3.8) is 0 Å². The van der Waals surface area contributed by atoms with Crippen molar-refractivity contribution in [2.45, 2.75) is 37.1 Å². The van der Waals surface area contributed by atoms with Crippen molar-refractivity contribution >= 4 is 40.9 Å². The van der Waals surface area contributed by atoms with Crippen molar-refractivity contribution in [2.24, 2.45) is 0 Å². The molecular weight excluding hydrogens is 556 g/mol. The van der Waals surface area contributed by atoms with Crippen LogP contribution in [0.4, 0.5) is 13.2 Å². The molecule has 0 aliphatic heterocycles. The van der Waals surface area contributed by atoms with Gasteiger partial charge in [-0.2, -0.15) is 13.2 Å². The third kappa shape index (κ3) is 7.52. The van der Waals surface area contributed by atoms with Crippen LogP contribution in [0.25, 0.3) is 5.69 Å². The SMILES string of the molecule is O=C(CCCSc1nnc(Cc2ccccc2)n1-c1ccc(Cl)c(Cl)c1)NCc1cccc(C(F)(F)F)c1. The van der Waals surface area contributed by atoms with Crippen LogP contribution in [0.5, 0.6) is 0 Å². The van der Waals surface area contributed by atoms with Gasteiger partial charge in [-0.1, -0.05) is 77.4 Å². The fraction of sp³-hybridized carbons (Fsp3) is 0.222. The van der Waals surface area contributed by atoms with Gasteiger partial charge < -0.3 is 5.32 Å². The molecule has 0 aliphatic carbocycles. The molecule has 1 heterocycles. The highest BCUT2D eigenvalue weighted by Gasteiger charge is 2.30. The third-order valence-corrected chi connectivity index (χ3v) is 7.34. The molecule has 1 N–H and O–H groups in total. The fourth-order valence-electron chi connectivity index (χ4n) is 3.71. The first-order chi connectivity index (χ1) is 18.2. The predicted octanol–water partition coefficient (Wildman–Crippen LogP) is 7.37. The molecule has 0 aliphatic rings. The van der Waals surface area contributed by atoms with Gasteiger partial charge in [0.15, 0.2) is 5.16 Å². The second kappa shape index (κ2) is 12.7. The summed E-state index contributed by atoms with van der Waals surface area (Å²) in [5.41, 5.74) is 1.51. The summed E-state index contributed by atoms with van der Waals surface area (Å²) in [5.74, 6) is 1.08. The largest absolute Gasteiger partial charge is 0.416 e. The molecule has 1 amide bonds. The number of thioether (sulfide) groups is 1. The summed E-state index contributed by atoms with van der Waals surface area (Å²) in [4.78, 5) is 12.3. The van der Waals surface area contributed by atoms with E-state index in [9.17, 15) is 18.0 Å². The van der Waals surface area contributed by atoms with Crippen LogP contribution in [0, 0.1) is 0 Å². The van der Waals surface area contributed by atoms with E-state index in [0.29, 0.717) is 39.4 Å². The summed E-state index contributed by atoms with van der Waals surface area (Å²) < 4.78 is 40.6. The number of hydrogen-bond acceptors (Lipinski definition) is 4. The van der Waals surface area contributed by atoms with Crippen molar-refractivity contribution in [2.75, 3.05) is 5.75 Å². The number of nitrogens with one attached hydrogen (secondary N) is 1. The van der Waals surface area contributed by atoms with Gasteiger partial charge in [-0.3, -0.25) is 9.36 Å². The van der Waals surface area contributed by atoms with E-state index in [4.69, 9.17) is 23.2 Å². The molecule has 0 atom stereocenters. The molecule has 0 saturated carbocycles. The lowest BCUT2D eigenvalue weighted by atomic mass is 10.1. The van der Waals surface area contributed by atoms with Crippen molar-refractivity contribution in [3.8, 4) is 5.69 Å². The van der Waals surface area contributed by atoms with E-state index in [1.807, 2.05) is 41.0 Å². The maximum absolute atomic E-state index is 12.9. The maximum Gasteiger partial charge on any atom is 0.416 e. The molecule has 4 rings (SSSR count). The van der Waals surface area contributed by atoms with Crippen molar-refractivity contribution in [1.29, 1.82) is 0 Å².